The molecule has 0 saturated heterocycles. The highest BCUT2D eigenvalue weighted by atomic mass is 35.5. The van der Waals surface area contributed by atoms with Gasteiger partial charge in [-0.05, 0) is 36.4 Å². The van der Waals surface area contributed by atoms with Crippen molar-refractivity contribution in [2.75, 3.05) is 0 Å². The molecule has 0 aromatic carbocycles. The Labute approximate surface area is 107 Å². The van der Waals surface area contributed by atoms with Crippen molar-refractivity contribution in [3.8, 4) is 11.5 Å². The first-order chi connectivity index (χ1) is 8.43. The zero-order chi connectivity index (χ0) is 13.3. The van der Waals surface area contributed by atoms with E-state index in [-0.39, 0.29) is 5.82 Å². The van der Waals surface area contributed by atoms with E-state index in [1.165, 1.54) is 24.7 Å². The third-order valence-electron chi connectivity index (χ3n) is 2.48. The number of aromatic nitrogens is 5. The number of rotatable bonds is 3. The number of aliphatic carboxylic acids is 1. The Bertz CT molecular complexity index is 578. The molecule has 94 valence electrons. The molecule has 1 N–H and O–H groups in total. The van der Waals surface area contributed by atoms with E-state index in [4.69, 9.17) is 11.6 Å². The predicted molar refractivity (Wildman–Crippen MR) is 63.0 cm³/mol. The highest BCUT2D eigenvalue weighted by Gasteiger charge is 2.34. The molecule has 0 radical (unpaired) electrons. The van der Waals surface area contributed by atoms with Crippen LogP contribution in [0.25, 0.3) is 11.5 Å². The molecule has 0 aliphatic rings. The summed E-state index contributed by atoms with van der Waals surface area (Å²) in [5.74, 6) is -0.760. The smallest absolute Gasteiger partial charge is 0.331 e. The molecule has 2 aromatic heterocycles. The number of nitrogens with zero attached hydrogens (tertiary/aromatic N) is 5. The molecule has 0 atom stereocenters. The normalized spacial score (nSPS) is 11.5. The number of carboxylic acids is 1. The summed E-state index contributed by atoms with van der Waals surface area (Å²) in [5, 5.41) is 20.7. The molecule has 2 heterocycles. The lowest BCUT2D eigenvalue weighted by Crippen LogP contribution is -2.37. The van der Waals surface area contributed by atoms with Crippen LogP contribution in [0.4, 0.5) is 0 Å². The lowest BCUT2D eigenvalue weighted by molar-refractivity contribution is -0.146. The van der Waals surface area contributed by atoms with E-state index in [2.05, 4.69) is 20.5 Å². The Kier molecular flexibility index (Phi) is 3.00. The molecule has 0 aliphatic carbocycles. The molecule has 0 amide bonds. The van der Waals surface area contributed by atoms with Crippen LogP contribution in [0.5, 0.6) is 0 Å². The quantitative estimate of drug-likeness (QED) is 0.898. The van der Waals surface area contributed by atoms with Gasteiger partial charge in [-0.1, -0.05) is 11.6 Å². The van der Waals surface area contributed by atoms with Gasteiger partial charge in [0.05, 0.1) is 5.02 Å². The second-order valence-electron chi connectivity index (χ2n) is 4.14. The van der Waals surface area contributed by atoms with Gasteiger partial charge in [-0.15, -0.1) is 5.10 Å². The summed E-state index contributed by atoms with van der Waals surface area (Å²) >= 11 is 5.74. The molecular weight excluding hydrogens is 258 g/mol. The molecule has 0 saturated carbocycles. The molecule has 8 heteroatoms. The van der Waals surface area contributed by atoms with Crippen molar-refractivity contribution < 1.29 is 9.90 Å². The van der Waals surface area contributed by atoms with Gasteiger partial charge in [-0.2, -0.15) is 0 Å². The number of halogens is 1. The minimum Gasteiger partial charge on any atom is -0.479 e. The Morgan fingerprint density at radius 2 is 2.17 bits per heavy atom. The summed E-state index contributed by atoms with van der Waals surface area (Å²) in [4.78, 5) is 15.3. The fourth-order valence-electron chi connectivity index (χ4n) is 1.32. The maximum Gasteiger partial charge on any atom is 0.331 e. The van der Waals surface area contributed by atoms with Crippen LogP contribution in [0.15, 0.2) is 18.3 Å². The monoisotopic (exact) mass is 267 g/mol. The molecular formula is C10H10ClN5O2. The van der Waals surface area contributed by atoms with E-state index < -0.39 is 11.5 Å². The lowest BCUT2D eigenvalue weighted by atomic mass is 10.1. The first-order valence-electron chi connectivity index (χ1n) is 5.07. The Hall–Kier alpha value is -2.02. The van der Waals surface area contributed by atoms with Gasteiger partial charge in [0.2, 0.25) is 5.82 Å². The van der Waals surface area contributed by atoms with Gasteiger partial charge in [0.15, 0.2) is 5.54 Å². The van der Waals surface area contributed by atoms with Gasteiger partial charge in [0, 0.05) is 6.20 Å². The summed E-state index contributed by atoms with van der Waals surface area (Å²) in [5.41, 5.74) is -0.807. The van der Waals surface area contributed by atoms with Crippen molar-refractivity contribution in [2.45, 2.75) is 19.4 Å². The number of carboxylic acid groups (broad SMARTS) is 1. The van der Waals surface area contributed by atoms with Crippen LogP contribution in [-0.4, -0.2) is 36.3 Å². The van der Waals surface area contributed by atoms with Crippen molar-refractivity contribution in [1.29, 1.82) is 0 Å². The molecule has 0 aliphatic heterocycles. The van der Waals surface area contributed by atoms with E-state index >= 15 is 0 Å². The fraction of sp³-hybridized carbons (Fsp3) is 0.300. The van der Waals surface area contributed by atoms with Crippen LogP contribution in [0.3, 0.4) is 0 Å². The van der Waals surface area contributed by atoms with Gasteiger partial charge in [0.25, 0.3) is 0 Å². The first kappa shape index (κ1) is 12.4. The SMILES string of the molecule is CC(C)(C(=O)O)n1nnnc1-c1ccc(Cl)cn1. The number of tetrazole rings is 1. The highest BCUT2D eigenvalue weighted by molar-refractivity contribution is 6.30. The van der Waals surface area contributed by atoms with Gasteiger partial charge in [-0.25, -0.2) is 9.48 Å². The first-order valence-corrected chi connectivity index (χ1v) is 5.45. The molecule has 0 bridgehead atoms. The molecule has 2 rings (SSSR count). The van der Waals surface area contributed by atoms with Crippen molar-refractivity contribution >= 4 is 17.6 Å². The summed E-state index contributed by atoms with van der Waals surface area (Å²) in [6, 6.07) is 3.26. The van der Waals surface area contributed by atoms with Crippen molar-refractivity contribution in [3.05, 3.63) is 23.4 Å². The second-order valence-corrected chi connectivity index (χ2v) is 4.58. The minimum absolute atomic E-state index is 0.277. The topological polar surface area (TPSA) is 93.8 Å². The average Bonchev–Trinajstić information content (AvgIpc) is 2.79. The van der Waals surface area contributed by atoms with Crippen LogP contribution in [-0.2, 0) is 10.3 Å². The van der Waals surface area contributed by atoms with Crippen LogP contribution in [0.1, 0.15) is 13.8 Å². The minimum atomic E-state index is -1.26. The van der Waals surface area contributed by atoms with Crippen molar-refractivity contribution in [1.82, 2.24) is 25.2 Å². The molecule has 7 nitrogen and oxygen atoms in total. The van der Waals surface area contributed by atoms with Crippen molar-refractivity contribution in [3.63, 3.8) is 0 Å². The van der Waals surface area contributed by atoms with Gasteiger partial charge in [0.1, 0.15) is 5.69 Å². The number of hydrogen-bond acceptors (Lipinski definition) is 5. The summed E-state index contributed by atoms with van der Waals surface area (Å²) in [6.45, 7) is 3.01. The van der Waals surface area contributed by atoms with Crippen molar-refractivity contribution in [2.24, 2.45) is 0 Å². The maximum atomic E-state index is 11.2. The number of pyridine rings is 1. The summed E-state index contributed by atoms with van der Waals surface area (Å²) < 4.78 is 1.21. The molecule has 0 fully saturated rings. The Balaban J connectivity index is 2.52. The summed E-state index contributed by atoms with van der Waals surface area (Å²) in [6.07, 6.45) is 1.45. The Morgan fingerprint density at radius 3 is 2.72 bits per heavy atom. The standard InChI is InChI=1S/C10H10ClN5O2/c1-10(2,9(17)18)16-8(13-14-15-16)7-4-3-6(11)5-12-7/h3-5H,1-2H3,(H,17,18). The van der Waals surface area contributed by atoms with Crippen LogP contribution < -0.4 is 0 Å². The average molecular weight is 268 g/mol. The van der Waals surface area contributed by atoms with Gasteiger partial charge >= 0.3 is 5.97 Å². The second kappa shape index (κ2) is 4.34. The third-order valence-corrected chi connectivity index (χ3v) is 2.70. The summed E-state index contributed by atoms with van der Waals surface area (Å²) in [7, 11) is 0. The zero-order valence-corrected chi connectivity index (χ0v) is 10.5. The Morgan fingerprint density at radius 1 is 1.44 bits per heavy atom. The highest BCUT2D eigenvalue weighted by Crippen LogP contribution is 2.22. The van der Waals surface area contributed by atoms with Gasteiger partial charge in [-0.3, -0.25) is 4.98 Å². The van der Waals surface area contributed by atoms with Gasteiger partial charge < -0.3 is 5.11 Å². The maximum absolute atomic E-state index is 11.2. The van der Waals surface area contributed by atoms with E-state index in [1.807, 2.05) is 0 Å². The van der Waals surface area contributed by atoms with Crippen LogP contribution in [0, 0.1) is 0 Å². The van der Waals surface area contributed by atoms with E-state index in [9.17, 15) is 9.90 Å². The van der Waals surface area contributed by atoms with E-state index in [0.29, 0.717) is 10.7 Å². The molecule has 18 heavy (non-hydrogen) atoms. The molecule has 0 spiro atoms. The van der Waals surface area contributed by atoms with Crippen LogP contribution >= 0.6 is 11.6 Å². The lowest BCUT2D eigenvalue weighted by Gasteiger charge is -2.19. The van der Waals surface area contributed by atoms with E-state index in [0.717, 1.165) is 0 Å². The fourth-order valence-corrected chi connectivity index (χ4v) is 1.43. The molecule has 0 unspecified atom stereocenters. The zero-order valence-electron chi connectivity index (χ0n) is 9.70. The van der Waals surface area contributed by atoms with E-state index in [1.54, 1.807) is 12.1 Å². The van der Waals surface area contributed by atoms with Crippen LogP contribution in [0.2, 0.25) is 5.02 Å². The third kappa shape index (κ3) is 2.04. The molecule has 2 aromatic rings. The number of hydrogen-bond donors (Lipinski definition) is 1. The largest absolute Gasteiger partial charge is 0.479 e. The number of carbonyl (C=O) groups is 1. The predicted octanol–water partition coefficient (Wildman–Crippen LogP) is 1.21.